The molecule has 0 heterocycles. The molecule has 0 radical (unpaired) electrons. The first-order valence-corrected chi connectivity index (χ1v) is 11.2. The van der Waals surface area contributed by atoms with Gasteiger partial charge in [-0.3, -0.25) is 9.79 Å². The van der Waals surface area contributed by atoms with Gasteiger partial charge in [0, 0.05) is 24.2 Å². The predicted molar refractivity (Wildman–Crippen MR) is 130 cm³/mol. The zero-order valence-corrected chi connectivity index (χ0v) is 19.1. The van der Waals surface area contributed by atoms with Gasteiger partial charge in [-0.1, -0.05) is 59.8 Å². The molecule has 0 spiro atoms. The molecular formula is C25H24F3N3OS. The molecule has 0 aliphatic carbocycles. The van der Waals surface area contributed by atoms with Crippen molar-refractivity contribution in [1.29, 1.82) is 0 Å². The third-order valence-corrected chi connectivity index (χ3v) is 5.82. The summed E-state index contributed by atoms with van der Waals surface area (Å²) < 4.78 is 38.6. The van der Waals surface area contributed by atoms with Gasteiger partial charge in [-0.2, -0.15) is 13.2 Å². The summed E-state index contributed by atoms with van der Waals surface area (Å²) in [6, 6.07) is 22.0. The molecule has 4 nitrogen and oxygen atoms in total. The maximum Gasteiger partial charge on any atom is 0.416 e. The van der Waals surface area contributed by atoms with Gasteiger partial charge in [0.2, 0.25) is 5.91 Å². The summed E-state index contributed by atoms with van der Waals surface area (Å²) >= 11 is 1.38. The van der Waals surface area contributed by atoms with Crippen LogP contribution < -0.4 is 10.2 Å². The van der Waals surface area contributed by atoms with Crippen LogP contribution >= 0.6 is 11.8 Å². The van der Waals surface area contributed by atoms with Crippen LogP contribution in [0.4, 0.5) is 24.5 Å². The SMILES string of the molecule is Cc1ccc(CSC(=NCC(=O)N(C)c2ccccc2)Nc2ccc(C(F)(F)F)cc2)cc1. The fraction of sp³-hybridized carbons (Fsp3) is 0.200. The molecule has 0 aliphatic heterocycles. The minimum atomic E-state index is -4.40. The topological polar surface area (TPSA) is 44.7 Å². The van der Waals surface area contributed by atoms with Crippen LogP contribution in [0, 0.1) is 6.92 Å². The van der Waals surface area contributed by atoms with E-state index >= 15 is 0 Å². The van der Waals surface area contributed by atoms with Gasteiger partial charge in [-0.25, -0.2) is 0 Å². The maximum absolute atomic E-state index is 12.9. The molecule has 3 aromatic carbocycles. The minimum Gasteiger partial charge on any atom is -0.335 e. The molecule has 8 heteroatoms. The number of carbonyl (C=O) groups is 1. The van der Waals surface area contributed by atoms with Crippen molar-refractivity contribution in [2.75, 3.05) is 23.8 Å². The van der Waals surface area contributed by atoms with Crippen LogP contribution in [-0.2, 0) is 16.7 Å². The Morgan fingerprint density at radius 2 is 1.61 bits per heavy atom. The summed E-state index contributed by atoms with van der Waals surface area (Å²) in [7, 11) is 1.68. The number of nitrogens with zero attached hydrogens (tertiary/aromatic N) is 2. The lowest BCUT2D eigenvalue weighted by molar-refractivity contribution is -0.137. The molecule has 1 N–H and O–H groups in total. The zero-order chi connectivity index (χ0) is 23.8. The molecule has 0 saturated carbocycles. The van der Waals surface area contributed by atoms with Crippen molar-refractivity contribution >= 4 is 34.2 Å². The number of carbonyl (C=O) groups excluding carboxylic acids is 1. The summed E-state index contributed by atoms with van der Waals surface area (Å²) in [5.41, 5.74) is 2.71. The number of thioether (sulfide) groups is 1. The first kappa shape index (κ1) is 24.4. The van der Waals surface area contributed by atoms with Crippen molar-refractivity contribution in [3.8, 4) is 0 Å². The molecule has 3 aromatic rings. The fourth-order valence-electron chi connectivity index (χ4n) is 2.86. The number of hydrogen-bond acceptors (Lipinski definition) is 3. The molecule has 33 heavy (non-hydrogen) atoms. The molecular weight excluding hydrogens is 447 g/mol. The molecule has 172 valence electrons. The Morgan fingerprint density at radius 1 is 0.970 bits per heavy atom. The van der Waals surface area contributed by atoms with Crippen molar-refractivity contribution in [3.63, 3.8) is 0 Å². The van der Waals surface area contributed by atoms with E-state index in [9.17, 15) is 18.0 Å². The van der Waals surface area contributed by atoms with E-state index in [1.807, 2.05) is 61.5 Å². The Morgan fingerprint density at radius 3 is 2.21 bits per heavy atom. The third-order valence-electron chi connectivity index (χ3n) is 4.84. The second-order valence-electron chi connectivity index (χ2n) is 7.38. The Bertz CT molecular complexity index is 1080. The molecule has 3 rings (SSSR count). The standard InChI is InChI=1S/C25H24F3N3OS/c1-18-8-10-19(11-9-18)17-33-24(30-21-14-12-20(13-15-21)25(26,27)28)29-16-23(32)31(2)22-6-4-3-5-7-22/h3-15H,16-17H2,1-2H3,(H,29,30). The number of halogens is 3. The van der Waals surface area contributed by atoms with Crippen LogP contribution in [0.1, 0.15) is 16.7 Å². The number of amidine groups is 1. The van der Waals surface area contributed by atoms with E-state index < -0.39 is 11.7 Å². The van der Waals surface area contributed by atoms with Crippen LogP contribution in [0.15, 0.2) is 83.9 Å². The number of para-hydroxylation sites is 1. The molecule has 0 unspecified atom stereocenters. The molecule has 0 saturated heterocycles. The van der Waals surface area contributed by atoms with E-state index in [-0.39, 0.29) is 12.5 Å². The molecule has 0 fully saturated rings. The first-order chi connectivity index (χ1) is 15.7. The van der Waals surface area contributed by atoms with Crippen molar-refractivity contribution in [2.24, 2.45) is 4.99 Å². The van der Waals surface area contributed by atoms with Gasteiger partial charge in [0.1, 0.15) is 6.54 Å². The lowest BCUT2D eigenvalue weighted by Crippen LogP contribution is -2.29. The largest absolute Gasteiger partial charge is 0.416 e. The summed E-state index contributed by atoms with van der Waals surface area (Å²) in [5.74, 6) is 0.388. The fourth-order valence-corrected chi connectivity index (χ4v) is 3.71. The summed E-state index contributed by atoms with van der Waals surface area (Å²) in [6.07, 6.45) is -4.40. The Labute approximate surface area is 195 Å². The highest BCUT2D eigenvalue weighted by molar-refractivity contribution is 8.13. The number of benzene rings is 3. The van der Waals surface area contributed by atoms with E-state index in [4.69, 9.17) is 0 Å². The van der Waals surface area contributed by atoms with Gasteiger partial charge in [0.05, 0.1) is 5.56 Å². The smallest absolute Gasteiger partial charge is 0.335 e. The van der Waals surface area contributed by atoms with Gasteiger partial charge in [-0.15, -0.1) is 0 Å². The monoisotopic (exact) mass is 471 g/mol. The number of likely N-dealkylation sites (N-methyl/N-ethyl adjacent to an activating group) is 1. The van der Waals surface area contributed by atoms with Crippen molar-refractivity contribution < 1.29 is 18.0 Å². The van der Waals surface area contributed by atoms with Gasteiger partial charge in [0.15, 0.2) is 5.17 Å². The second kappa shape index (κ2) is 11.0. The van der Waals surface area contributed by atoms with Crippen molar-refractivity contribution in [2.45, 2.75) is 18.9 Å². The number of amides is 1. The van der Waals surface area contributed by atoms with E-state index in [1.54, 1.807) is 7.05 Å². The van der Waals surface area contributed by atoms with E-state index in [1.165, 1.54) is 28.8 Å². The second-order valence-corrected chi connectivity index (χ2v) is 8.35. The molecule has 0 atom stereocenters. The van der Waals surface area contributed by atoms with Gasteiger partial charge >= 0.3 is 6.18 Å². The molecule has 0 aromatic heterocycles. The van der Waals surface area contributed by atoms with Gasteiger partial charge in [0.25, 0.3) is 0 Å². The summed E-state index contributed by atoms with van der Waals surface area (Å²) in [4.78, 5) is 18.6. The number of rotatable bonds is 6. The van der Waals surface area contributed by atoms with Crippen LogP contribution in [0.25, 0.3) is 0 Å². The maximum atomic E-state index is 12.9. The number of hydrogen-bond donors (Lipinski definition) is 1. The van der Waals surface area contributed by atoms with E-state index in [2.05, 4.69) is 10.3 Å². The normalized spacial score (nSPS) is 11.8. The quantitative estimate of drug-likeness (QED) is 0.335. The summed E-state index contributed by atoms with van der Waals surface area (Å²) in [6.45, 7) is 1.90. The van der Waals surface area contributed by atoms with Gasteiger partial charge in [-0.05, 0) is 48.9 Å². The van der Waals surface area contributed by atoms with Crippen molar-refractivity contribution in [1.82, 2.24) is 0 Å². The van der Waals surface area contributed by atoms with Crippen LogP contribution in [0.2, 0.25) is 0 Å². The molecule has 1 amide bonds. The molecule has 0 aliphatic rings. The summed E-state index contributed by atoms with van der Waals surface area (Å²) in [5, 5.41) is 3.50. The van der Waals surface area contributed by atoms with Crippen LogP contribution in [0.3, 0.4) is 0 Å². The lowest BCUT2D eigenvalue weighted by Gasteiger charge is -2.17. The number of aliphatic imine (C=N–C) groups is 1. The predicted octanol–water partition coefficient (Wildman–Crippen LogP) is 6.38. The zero-order valence-electron chi connectivity index (χ0n) is 18.3. The van der Waals surface area contributed by atoms with Gasteiger partial charge < -0.3 is 10.2 Å². The highest BCUT2D eigenvalue weighted by Crippen LogP contribution is 2.30. The Kier molecular flexibility index (Phi) is 8.16. The average molecular weight is 472 g/mol. The minimum absolute atomic E-state index is 0.102. The molecule has 0 bridgehead atoms. The van der Waals surface area contributed by atoms with Crippen molar-refractivity contribution in [3.05, 3.63) is 95.6 Å². The number of alkyl halides is 3. The Balaban J connectivity index is 1.73. The number of aryl methyl sites for hydroxylation is 1. The highest BCUT2D eigenvalue weighted by atomic mass is 32.2. The van der Waals surface area contributed by atoms with E-state index in [0.29, 0.717) is 16.6 Å². The number of anilines is 2. The third kappa shape index (κ3) is 7.39. The first-order valence-electron chi connectivity index (χ1n) is 10.2. The average Bonchev–Trinajstić information content (AvgIpc) is 2.81. The number of nitrogens with one attached hydrogen (secondary N) is 1. The van der Waals surface area contributed by atoms with E-state index in [0.717, 1.165) is 28.9 Å². The highest BCUT2D eigenvalue weighted by Gasteiger charge is 2.30. The van der Waals surface area contributed by atoms with Crippen LogP contribution in [-0.4, -0.2) is 24.7 Å². The Hall–Kier alpha value is -3.26. The lowest BCUT2D eigenvalue weighted by atomic mass is 10.2. The van der Waals surface area contributed by atoms with Crippen LogP contribution in [0.5, 0.6) is 0 Å².